The van der Waals surface area contributed by atoms with E-state index in [0.29, 0.717) is 11.6 Å². The molecule has 0 spiro atoms. The summed E-state index contributed by atoms with van der Waals surface area (Å²) in [5.41, 5.74) is 1.05. The normalized spacial score (nSPS) is 20.5. The Balaban J connectivity index is 1.77. The fraction of sp³-hybridized carbons (Fsp3) is 0.579. The van der Waals surface area contributed by atoms with Gasteiger partial charge in [0.1, 0.15) is 5.60 Å². The molecular weight excluding hydrogens is 320 g/mol. The van der Waals surface area contributed by atoms with Crippen molar-refractivity contribution in [1.82, 2.24) is 5.32 Å². The Hall–Kier alpha value is -2.24. The van der Waals surface area contributed by atoms with E-state index in [1.807, 2.05) is 32.9 Å². The number of nitrogens with one attached hydrogen (secondary N) is 2. The number of rotatable bonds is 4. The van der Waals surface area contributed by atoms with E-state index in [1.54, 1.807) is 12.1 Å². The van der Waals surface area contributed by atoms with E-state index in [4.69, 9.17) is 9.47 Å². The van der Waals surface area contributed by atoms with Gasteiger partial charge in [-0.05, 0) is 70.7 Å². The third-order valence-corrected chi connectivity index (χ3v) is 4.12. The minimum absolute atomic E-state index is 0.162. The van der Waals surface area contributed by atoms with Crippen LogP contribution < -0.4 is 10.6 Å². The predicted molar refractivity (Wildman–Crippen MR) is 96.8 cm³/mol. The van der Waals surface area contributed by atoms with Gasteiger partial charge < -0.3 is 20.1 Å². The molecule has 0 bridgehead atoms. The lowest BCUT2D eigenvalue weighted by atomic mass is 9.91. The van der Waals surface area contributed by atoms with E-state index in [0.717, 1.165) is 31.4 Å². The molecule has 0 saturated heterocycles. The minimum Gasteiger partial charge on any atom is -0.465 e. The second-order valence-electron chi connectivity index (χ2n) is 7.41. The summed E-state index contributed by atoms with van der Waals surface area (Å²) in [6.45, 7) is 5.58. The molecule has 2 N–H and O–H groups in total. The number of carbonyl (C=O) groups is 2. The van der Waals surface area contributed by atoms with E-state index in [-0.39, 0.29) is 18.1 Å². The second kappa shape index (κ2) is 8.23. The first kappa shape index (κ1) is 19.1. The van der Waals surface area contributed by atoms with Gasteiger partial charge in [0.2, 0.25) is 0 Å². The van der Waals surface area contributed by atoms with Crippen LogP contribution >= 0.6 is 0 Å². The van der Waals surface area contributed by atoms with Crippen LogP contribution in [0.4, 0.5) is 10.5 Å². The van der Waals surface area contributed by atoms with Gasteiger partial charge in [0.15, 0.2) is 0 Å². The first-order valence-electron chi connectivity index (χ1n) is 8.71. The van der Waals surface area contributed by atoms with Gasteiger partial charge in [-0.15, -0.1) is 0 Å². The SMILES string of the molecule is COC(=O)c1ccc(NC2CCC(NC(=O)OC(C)(C)C)CC2)cc1. The summed E-state index contributed by atoms with van der Waals surface area (Å²) < 4.78 is 9.99. The monoisotopic (exact) mass is 348 g/mol. The smallest absolute Gasteiger partial charge is 0.407 e. The van der Waals surface area contributed by atoms with Crippen LogP contribution in [-0.4, -0.2) is 36.9 Å². The number of carbonyl (C=O) groups excluding carboxylic acids is 2. The number of amides is 1. The molecular formula is C19H28N2O4. The molecule has 1 saturated carbocycles. The number of hydrogen-bond acceptors (Lipinski definition) is 5. The van der Waals surface area contributed by atoms with E-state index in [9.17, 15) is 9.59 Å². The van der Waals surface area contributed by atoms with Crippen molar-refractivity contribution in [3.63, 3.8) is 0 Å². The summed E-state index contributed by atoms with van der Waals surface area (Å²) in [5.74, 6) is -0.333. The molecule has 0 aliphatic heterocycles. The number of methoxy groups -OCH3 is 1. The molecule has 1 aliphatic carbocycles. The highest BCUT2D eigenvalue weighted by Gasteiger charge is 2.24. The third kappa shape index (κ3) is 6.29. The summed E-state index contributed by atoms with van der Waals surface area (Å²) >= 11 is 0. The van der Waals surface area contributed by atoms with E-state index in [1.165, 1.54) is 7.11 Å². The van der Waals surface area contributed by atoms with Crippen molar-refractivity contribution in [3.05, 3.63) is 29.8 Å². The van der Waals surface area contributed by atoms with Crippen LogP contribution in [0.2, 0.25) is 0 Å². The average molecular weight is 348 g/mol. The number of hydrogen-bond donors (Lipinski definition) is 2. The van der Waals surface area contributed by atoms with Crippen LogP contribution in [0.25, 0.3) is 0 Å². The Kier molecular flexibility index (Phi) is 6.28. The average Bonchev–Trinajstić information content (AvgIpc) is 2.55. The molecule has 6 heteroatoms. The summed E-state index contributed by atoms with van der Waals surface area (Å²) in [6, 6.07) is 7.80. The lowest BCUT2D eigenvalue weighted by molar-refractivity contribution is 0.0491. The maximum absolute atomic E-state index is 11.8. The number of alkyl carbamates (subject to hydrolysis) is 1. The van der Waals surface area contributed by atoms with E-state index in [2.05, 4.69) is 10.6 Å². The Morgan fingerprint density at radius 1 is 1.00 bits per heavy atom. The van der Waals surface area contributed by atoms with Crippen LogP contribution in [0.15, 0.2) is 24.3 Å². The molecule has 1 amide bonds. The Labute approximate surface area is 149 Å². The van der Waals surface area contributed by atoms with Gasteiger partial charge in [0, 0.05) is 17.8 Å². The van der Waals surface area contributed by atoms with Gasteiger partial charge in [-0.25, -0.2) is 9.59 Å². The van der Waals surface area contributed by atoms with Gasteiger partial charge in [0.05, 0.1) is 12.7 Å². The molecule has 1 fully saturated rings. The van der Waals surface area contributed by atoms with E-state index < -0.39 is 5.60 Å². The van der Waals surface area contributed by atoms with Gasteiger partial charge >= 0.3 is 12.1 Å². The number of ether oxygens (including phenoxy) is 2. The van der Waals surface area contributed by atoms with Gasteiger partial charge in [-0.3, -0.25) is 0 Å². The van der Waals surface area contributed by atoms with Gasteiger partial charge in [0.25, 0.3) is 0 Å². The van der Waals surface area contributed by atoms with Crippen molar-refractivity contribution < 1.29 is 19.1 Å². The maximum Gasteiger partial charge on any atom is 0.407 e. The maximum atomic E-state index is 11.8. The van der Waals surface area contributed by atoms with Crippen molar-refractivity contribution in [2.75, 3.05) is 12.4 Å². The predicted octanol–water partition coefficient (Wildman–Crippen LogP) is 3.72. The van der Waals surface area contributed by atoms with Crippen molar-refractivity contribution in [3.8, 4) is 0 Å². The number of anilines is 1. The zero-order chi connectivity index (χ0) is 18.4. The van der Waals surface area contributed by atoms with Gasteiger partial charge in [-0.2, -0.15) is 0 Å². The molecule has 0 aromatic heterocycles. The van der Waals surface area contributed by atoms with Crippen LogP contribution in [0.3, 0.4) is 0 Å². The van der Waals surface area contributed by atoms with Crippen LogP contribution in [-0.2, 0) is 9.47 Å². The first-order chi connectivity index (χ1) is 11.8. The summed E-state index contributed by atoms with van der Waals surface area (Å²) in [4.78, 5) is 23.3. The van der Waals surface area contributed by atoms with Crippen LogP contribution in [0.5, 0.6) is 0 Å². The highest BCUT2D eigenvalue weighted by Crippen LogP contribution is 2.23. The molecule has 0 heterocycles. The molecule has 1 aromatic carbocycles. The molecule has 6 nitrogen and oxygen atoms in total. The fourth-order valence-corrected chi connectivity index (χ4v) is 2.91. The summed E-state index contributed by atoms with van der Waals surface area (Å²) in [6.07, 6.45) is 3.43. The van der Waals surface area contributed by atoms with Gasteiger partial charge in [-0.1, -0.05) is 0 Å². The zero-order valence-electron chi connectivity index (χ0n) is 15.4. The second-order valence-corrected chi connectivity index (χ2v) is 7.41. The van der Waals surface area contributed by atoms with Crippen molar-refractivity contribution >= 4 is 17.7 Å². The lowest BCUT2D eigenvalue weighted by Gasteiger charge is -2.31. The molecule has 2 rings (SSSR count). The molecule has 138 valence electrons. The molecule has 25 heavy (non-hydrogen) atoms. The van der Waals surface area contributed by atoms with Crippen LogP contribution in [0, 0.1) is 0 Å². The molecule has 1 aromatic rings. The van der Waals surface area contributed by atoms with Crippen molar-refractivity contribution in [1.29, 1.82) is 0 Å². The largest absolute Gasteiger partial charge is 0.465 e. The third-order valence-electron chi connectivity index (χ3n) is 4.12. The molecule has 0 unspecified atom stereocenters. The molecule has 1 aliphatic rings. The van der Waals surface area contributed by atoms with E-state index >= 15 is 0 Å². The highest BCUT2D eigenvalue weighted by atomic mass is 16.6. The van der Waals surface area contributed by atoms with Crippen LogP contribution in [0.1, 0.15) is 56.8 Å². The summed E-state index contributed by atoms with van der Waals surface area (Å²) in [5, 5.41) is 6.43. The number of benzene rings is 1. The Morgan fingerprint density at radius 3 is 2.08 bits per heavy atom. The fourth-order valence-electron chi connectivity index (χ4n) is 2.91. The van der Waals surface area contributed by atoms with Crippen molar-refractivity contribution in [2.45, 2.75) is 64.1 Å². The summed E-state index contributed by atoms with van der Waals surface area (Å²) in [7, 11) is 1.37. The molecule has 0 atom stereocenters. The topological polar surface area (TPSA) is 76.7 Å². The Morgan fingerprint density at radius 2 is 1.56 bits per heavy atom. The highest BCUT2D eigenvalue weighted by molar-refractivity contribution is 5.89. The molecule has 0 radical (unpaired) electrons. The first-order valence-corrected chi connectivity index (χ1v) is 8.71. The standard InChI is InChI=1S/C19H28N2O4/c1-19(2,3)25-18(23)21-16-11-9-15(10-12-16)20-14-7-5-13(6-8-14)17(22)24-4/h5-8,15-16,20H,9-12H2,1-4H3,(H,21,23). The van der Waals surface area contributed by atoms with Crippen molar-refractivity contribution in [2.24, 2.45) is 0 Å². The number of esters is 1. The zero-order valence-corrected chi connectivity index (χ0v) is 15.4. The lowest BCUT2D eigenvalue weighted by Crippen LogP contribution is -2.42. The Bertz CT molecular complexity index is 584. The quantitative estimate of drug-likeness (QED) is 0.811. The minimum atomic E-state index is -0.473.